The summed E-state index contributed by atoms with van der Waals surface area (Å²) in [6, 6.07) is 25.7. The maximum atomic E-state index is 13.6. The van der Waals surface area contributed by atoms with E-state index in [1.165, 1.54) is 44.0 Å². The third-order valence-electron chi connectivity index (χ3n) is 8.35. The van der Waals surface area contributed by atoms with Crippen LogP contribution in [0.15, 0.2) is 96.3 Å². The first-order valence-electron chi connectivity index (χ1n) is 12.6. The molecule has 0 N–H and O–H groups in total. The first-order chi connectivity index (χ1) is 17.1. The molecular formula is C33H32N2O. The molecule has 0 spiro atoms. The Balaban J connectivity index is 1.43. The van der Waals surface area contributed by atoms with E-state index in [9.17, 15) is 4.79 Å². The van der Waals surface area contributed by atoms with Crippen LogP contribution in [0.4, 0.5) is 11.4 Å². The molecule has 0 radical (unpaired) electrons. The van der Waals surface area contributed by atoms with Crippen LogP contribution in [0.3, 0.4) is 0 Å². The topological polar surface area (TPSA) is 23.6 Å². The maximum Gasteiger partial charge on any atom is 0.182 e. The molecule has 4 aromatic carbocycles. The van der Waals surface area contributed by atoms with Gasteiger partial charge in [-0.2, -0.15) is 0 Å². The van der Waals surface area contributed by atoms with Gasteiger partial charge in [0.05, 0.1) is 0 Å². The lowest BCUT2D eigenvalue weighted by Crippen LogP contribution is -2.26. The van der Waals surface area contributed by atoms with Gasteiger partial charge >= 0.3 is 0 Å². The Hall–Kier alpha value is -3.85. The first kappa shape index (κ1) is 22.6. The second-order valence-corrected chi connectivity index (χ2v) is 11.2. The second-order valence-electron chi connectivity index (χ2n) is 11.2. The fraction of sp³-hybridized carbons (Fsp3) is 0.242. The summed E-state index contributed by atoms with van der Waals surface area (Å²) < 4.78 is 0. The fourth-order valence-corrected chi connectivity index (χ4v) is 6.61. The molecule has 0 saturated heterocycles. The first-order valence-corrected chi connectivity index (χ1v) is 12.6. The summed E-state index contributed by atoms with van der Waals surface area (Å²) in [4.78, 5) is 18.0. The van der Waals surface area contributed by atoms with Gasteiger partial charge in [-0.3, -0.25) is 4.79 Å². The van der Waals surface area contributed by atoms with Crippen molar-refractivity contribution in [3.05, 3.63) is 107 Å². The molecule has 0 bridgehead atoms. The van der Waals surface area contributed by atoms with Crippen molar-refractivity contribution < 1.29 is 4.79 Å². The zero-order valence-electron chi connectivity index (χ0n) is 21.9. The van der Waals surface area contributed by atoms with E-state index in [0.717, 1.165) is 11.4 Å². The SMILES string of the molecule is CN1/C(=C/C(=O)/C=C2/N(C)c3ccc4ccccc4c3C2(C)C)C(C)(C)c2c1ccc1ccccc21. The Morgan fingerprint density at radius 3 is 1.42 bits per heavy atom. The molecule has 0 fully saturated rings. The smallest absolute Gasteiger partial charge is 0.182 e. The highest BCUT2D eigenvalue weighted by atomic mass is 16.1. The van der Waals surface area contributed by atoms with Crippen LogP contribution in [-0.4, -0.2) is 19.9 Å². The van der Waals surface area contributed by atoms with Gasteiger partial charge in [-0.05, 0) is 44.8 Å². The number of anilines is 2. The molecule has 2 aliphatic heterocycles. The highest BCUT2D eigenvalue weighted by molar-refractivity contribution is 6.04. The average molecular weight is 473 g/mol. The number of carbonyl (C=O) groups excluding carboxylic acids is 1. The van der Waals surface area contributed by atoms with Gasteiger partial charge in [-0.1, -0.05) is 88.4 Å². The molecule has 0 amide bonds. The summed E-state index contributed by atoms with van der Waals surface area (Å²) in [7, 11) is 4.14. The predicted octanol–water partition coefficient (Wildman–Crippen LogP) is 7.48. The Morgan fingerprint density at radius 1 is 0.611 bits per heavy atom. The van der Waals surface area contributed by atoms with Crippen LogP contribution >= 0.6 is 0 Å². The van der Waals surface area contributed by atoms with Crippen molar-refractivity contribution in [3.8, 4) is 0 Å². The normalized spacial score (nSPS) is 19.9. The largest absolute Gasteiger partial charge is 0.347 e. The summed E-state index contributed by atoms with van der Waals surface area (Å²) in [5.41, 5.74) is 6.39. The van der Waals surface area contributed by atoms with Gasteiger partial charge in [-0.15, -0.1) is 0 Å². The van der Waals surface area contributed by atoms with E-state index in [-0.39, 0.29) is 16.6 Å². The van der Waals surface area contributed by atoms with Gasteiger partial charge in [0.1, 0.15) is 0 Å². The summed E-state index contributed by atoms with van der Waals surface area (Å²) in [5.74, 6) is 0.0223. The third kappa shape index (κ3) is 3.02. The lowest BCUT2D eigenvalue weighted by Gasteiger charge is -2.25. The zero-order valence-corrected chi connectivity index (χ0v) is 21.9. The van der Waals surface area contributed by atoms with Crippen molar-refractivity contribution in [3.63, 3.8) is 0 Å². The number of carbonyl (C=O) groups is 1. The zero-order chi connectivity index (χ0) is 25.4. The Kier molecular flexibility index (Phi) is 4.75. The van der Waals surface area contributed by atoms with Gasteiger partial charge in [0.25, 0.3) is 0 Å². The number of likely N-dealkylation sites (N-methyl/N-ethyl adjacent to an activating group) is 2. The van der Waals surface area contributed by atoms with E-state index in [0.29, 0.717) is 0 Å². The molecule has 0 atom stereocenters. The summed E-state index contributed by atoms with van der Waals surface area (Å²) in [6.45, 7) is 8.90. The van der Waals surface area contributed by atoms with Crippen molar-refractivity contribution in [2.24, 2.45) is 0 Å². The maximum absolute atomic E-state index is 13.6. The number of allylic oxidation sites excluding steroid dienone is 4. The van der Waals surface area contributed by atoms with Crippen molar-refractivity contribution in [1.82, 2.24) is 0 Å². The number of hydrogen-bond donors (Lipinski definition) is 0. The van der Waals surface area contributed by atoms with Crippen molar-refractivity contribution in [2.45, 2.75) is 38.5 Å². The van der Waals surface area contributed by atoms with Crippen LogP contribution < -0.4 is 9.80 Å². The second kappa shape index (κ2) is 7.57. The lowest BCUT2D eigenvalue weighted by atomic mass is 9.80. The van der Waals surface area contributed by atoms with Crippen LogP contribution in [0.5, 0.6) is 0 Å². The number of nitrogens with zero attached hydrogens (tertiary/aromatic N) is 2. The molecule has 0 unspecified atom stereocenters. The Labute approximate surface area is 213 Å². The number of fused-ring (bicyclic) bond motifs is 6. The quantitative estimate of drug-likeness (QED) is 0.283. The van der Waals surface area contributed by atoms with E-state index >= 15 is 0 Å². The molecule has 4 aromatic rings. The summed E-state index contributed by atoms with van der Waals surface area (Å²) in [6.07, 6.45) is 3.68. The molecule has 0 saturated carbocycles. The molecule has 2 heterocycles. The highest BCUT2D eigenvalue weighted by Crippen LogP contribution is 2.51. The highest BCUT2D eigenvalue weighted by Gasteiger charge is 2.42. The monoisotopic (exact) mass is 472 g/mol. The fourth-order valence-electron chi connectivity index (χ4n) is 6.61. The Bertz CT molecular complexity index is 1520. The molecule has 0 aromatic heterocycles. The third-order valence-corrected chi connectivity index (χ3v) is 8.35. The van der Waals surface area contributed by atoms with E-state index < -0.39 is 0 Å². The minimum absolute atomic E-state index is 0.0223. The number of ketones is 1. The van der Waals surface area contributed by atoms with Crippen molar-refractivity contribution >= 4 is 38.7 Å². The van der Waals surface area contributed by atoms with E-state index in [2.05, 4.69) is 124 Å². The average Bonchev–Trinajstić information content (AvgIpc) is 3.18. The molecular weight excluding hydrogens is 440 g/mol. The molecule has 3 heteroatoms. The molecule has 36 heavy (non-hydrogen) atoms. The van der Waals surface area contributed by atoms with Gasteiger partial charge in [0.2, 0.25) is 0 Å². The number of rotatable bonds is 2. The van der Waals surface area contributed by atoms with Crippen molar-refractivity contribution in [1.29, 1.82) is 0 Å². The van der Waals surface area contributed by atoms with Crippen LogP contribution in [-0.2, 0) is 15.6 Å². The molecule has 6 rings (SSSR count). The molecule has 0 aliphatic carbocycles. The van der Waals surface area contributed by atoms with E-state index in [1.54, 1.807) is 0 Å². The number of hydrogen-bond acceptors (Lipinski definition) is 3. The van der Waals surface area contributed by atoms with Crippen LogP contribution in [0, 0.1) is 0 Å². The number of benzene rings is 4. The van der Waals surface area contributed by atoms with Gasteiger partial charge in [0, 0.05) is 59.8 Å². The van der Waals surface area contributed by atoms with E-state index in [1.807, 2.05) is 12.2 Å². The minimum Gasteiger partial charge on any atom is -0.347 e. The van der Waals surface area contributed by atoms with Gasteiger partial charge < -0.3 is 9.80 Å². The summed E-state index contributed by atoms with van der Waals surface area (Å²) in [5, 5.41) is 4.96. The molecule has 180 valence electrons. The van der Waals surface area contributed by atoms with Gasteiger partial charge in [0.15, 0.2) is 5.78 Å². The predicted molar refractivity (Wildman–Crippen MR) is 152 cm³/mol. The lowest BCUT2D eigenvalue weighted by molar-refractivity contribution is -0.110. The van der Waals surface area contributed by atoms with E-state index in [4.69, 9.17) is 0 Å². The molecule has 3 nitrogen and oxygen atoms in total. The van der Waals surface area contributed by atoms with Crippen LogP contribution in [0.25, 0.3) is 21.5 Å². The minimum atomic E-state index is -0.282. The van der Waals surface area contributed by atoms with Gasteiger partial charge in [-0.25, -0.2) is 0 Å². The van der Waals surface area contributed by atoms with Crippen LogP contribution in [0.1, 0.15) is 38.8 Å². The Morgan fingerprint density at radius 2 is 1.00 bits per heavy atom. The molecule has 2 aliphatic rings. The van der Waals surface area contributed by atoms with Crippen LogP contribution in [0.2, 0.25) is 0 Å². The summed E-state index contributed by atoms with van der Waals surface area (Å²) >= 11 is 0. The van der Waals surface area contributed by atoms with Crippen molar-refractivity contribution in [2.75, 3.05) is 23.9 Å². The standard InChI is InChI=1S/C33H32N2O/c1-32(2)28(34(5)26-17-15-21-11-7-9-13-24(21)30(26)32)19-23(36)20-29-33(3,4)31-25-14-10-8-12-22(25)16-18-27(31)35(29)6/h7-20H,1-6H3/b28-19+,29-20+.